The monoisotopic (exact) mass is 675 g/mol. The molecule has 1 saturated carbocycles. The van der Waals surface area contributed by atoms with Gasteiger partial charge in [0.25, 0.3) is 0 Å². The van der Waals surface area contributed by atoms with Gasteiger partial charge in [0.2, 0.25) is 21.8 Å². The highest BCUT2D eigenvalue weighted by Crippen LogP contribution is 2.23. The molecule has 1 atom stereocenters. The summed E-state index contributed by atoms with van der Waals surface area (Å²) in [6.07, 6.45) is 5.21. The van der Waals surface area contributed by atoms with E-state index in [0.29, 0.717) is 6.42 Å². The molecule has 4 rings (SSSR count). The average molecular weight is 677 g/mol. The first-order chi connectivity index (χ1) is 20.5. The Labute approximate surface area is 260 Å². The molecule has 43 heavy (non-hydrogen) atoms. The van der Waals surface area contributed by atoms with E-state index in [-0.39, 0.29) is 49.5 Å². The third-order valence-corrected chi connectivity index (χ3v) is 9.30. The van der Waals surface area contributed by atoms with E-state index in [0.717, 1.165) is 64.0 Å². The molecule has 11 heteroatoms. The predicted octanol–water partition coefficient (Wildman–Crippen LogP) is 5.97. The van der Waals surface area contributed by atoms with Crippen molar-refractivity contribution in [1.29, 1.82) is 0 Å². The quantitative estimate of drug-likeness (QED) is 0.242. The molecule has 0 aromatic heterocycles. The number of hydrogen-bond donors (Lipinski definition) is 1. The van der Waals surface area contributed by atoms with Crippen LogP contribution in [0.2, 0.25) is 0 Å². The third-order valence-electron chi connectivity index (χ3n) is 7.58. The molecule has 1 N–H and O–H groups in total. The topological polar surface area (TPSA) is 86.8 Å². The van der Waals surface area contributed by atoms with Gasteiger partial charge in [-0.15, -0.1) is 0 Å². The maximum atomic E-state index is 13.9. The Morgan fingerprint density at radius 1 is 0.953 bits per heavy atom. The van der Waals surface area contributed by atoms with Crippen molar-refractivity contribution in [3.63, 3.8) is 0 Å². The molecule has 2 amide bonds. The molecule has 3 aromatic rings. The molecule has 0 spiro atoms. The number of hydrogen-bond acceptors (Lipinski definition) is 4. The average Bonchev–Trinajstić information content (AvgIpc) is 3.48. The van der Waals surface area contributed by atoms with Crippen LogP contribution in [0.3, 0.4) is 0 Å². The maximum Gasteiger partial charge on any atom is 0.243 e. The summed E-state index contributed by atoms with van der Waals surface area (Å²) in [5.41, 5.74) is 1.71. The Kier molecular flexibility index (Phi) is 11.3. The Balaban J connectivity index is 1.58. The van der Waals surface area contributed by atoms with Crippen molar-refractivity contribution in [2.45, 2.75) is 63.6 Å². The van der Waals surface area contributed by atoms with Crippen molar-refractivity contribution < 1.29 is 26.8 Å². The van der Waals surface area contributed by atoms with Gasteiger partial charge in [0.1, 0.15) is 6.04 Å². The zero-order chi connectivity index (χ0) is 31.0. The van der Waals surface area contributed by atoms with Gasteiger partial charge in [-0.1, -0.05) is 71.2 Å². The van der Waals surface area contributed by atoms with Gasteiger partial charge in [-0.3, -0.25) is 13.9 Å². The lowest BCUT2D eigenvalue weighted by molar-refractivity contribution is -0.141. The Bertz CT molecular complexity index is 1500. The lowest BCUT2D eigenvalue weighted by atomic mass is 10.0. The summed E-state index contributed by atoms with van der Waals surface area (Å²) in [5.74, 6) is -2.79. The second-order valence-electron chi connectivity index (χ2n) is 10.9. The predicted molar refractivity (Wildman–Crippen MR) is 167 cm³/mol. The number of carbonyl (C=O) groups excluding carboxylic acids is 2. The zero-order valence-corrected chi connectivity index (χ0v) is 26.4. The molecule has 7 nitrogen and oxygen atoms in total. The molecular weight excluding hydrogens is 640 g/mol. The van der Waals surface area contributed by atoms with Crippen LogP contribution in [0.1, 0.15) is 49.7 Å². The lowest BCUT2D eigenvalue weighted by Gasteiger charge is -2.33. The van der Waals surface area contributed by atoms with Crippen LogP contribution >= 0.6 is 15.9 Å². The van der Waals surface area contributed by atoms with Crippen molar-refractivity contribution >= 4 is 43.5 Å². The van der Waals surface area contributed by atoms with Gasteiger partial charge in [0.15, 0.2) is 11.6 Å². The summed E-state index contributed by atoms with van der Waals surface area (Å²) in [7, 11) is -3.85. The van der Waals surface area contributed by atoms with Crippen LogP contribution < -0.4 is 9.62 Å². The zero-order valence-electron chi connectivity index (χ0n) is 24.0. The van der Waals surface area contributed by atoms with Crippen LogP contribution in [0.15, 0.2) is 77.3 Å². The van der Waals surface area contributed by atoms with E-state index in [2.05, 4.69) is 21.2 Å². The number of anilines is 1. The van der Waals surface area contributed by atoms with Gasteiger partial charge in [-0.05, 0) is 54.7 Å². The minimum Gasteiger partial charge on any atom is -0.352 e. The van der Waals surface area contributed by atoms with Crippen molar-refractivity contribution in [2.75, 3.05) is 17.1 Å². The summed E-state index contributed by atoms with van der Waals surface area (Å²) in [5, 5.41) is 3.16. The summed E-state index contributed by atoms with van der Waals surface area (Å²) in [6, 6.07) is 19.2. The normalized spacial score (nSPS) is 14.3. The highest BCUT2D eigenvalue weighted by molar-refractivity contribution is 9.10. The SMILES string of the molecule is CS(=O)(=O)N(CCCC(=O)N(Cc1ccc(Br)cc1)C(Cc1ccccc1)C(=O)NC1CCCC1)c1ccc(F)c(F)c1. The number of rotatable bonds is 13. The second-order valence-corrected chi connectivity index (χ2v) is 13.7. The van der Waals surface area contributed by atoms with Crippen molar-refractivity contribution in [3.05, 3.63) is 100 Å². The number of carbonyl (C=O) groups is 2. The first-order valence-corrected chi connectivity index (χ1v) is 17.0. The maximum absolute atomic E-state index is 13.9. The summed E-state index contributed by atoms with van der Waals surface area (Å²) in [6.45, 7) is 0.0556. The Morgan fingerprint density at radius 2 is 1.63 bits per heavy atom. The van der Waals surface area contributed by atoms with E-state index in [1.807, 2.05) is 54.6 Å². The molecule has 0 heterocycles. The fourth-order valence-electron chi connectivity index (χ4n) is 5.35. The molecule has 0 aliphatic heterocycles. The van der Waals surface area contributed by atoms with Crippen molar-refractivity contribution in [3.8, 4) is 0 Å². The number of halogens is 3. The molecule has 0 saturated heterocycles. The number of nitrogens with one attached hydrogen (secondary N) is 1. The molecule has 3 aromatic carbocycles. The smallest absolute Gasteiger partial charge is 0.243 e. The van der Waals surface area contributed by atoms with Gasteiger partial charge in [-0.25, -0.2) is 17.2 Å². The van der Waals surface area contributed by atoms with Gasteiger partial charge >= 0.3 is 0 Å². The fourth-order valence-corrected chi connectivity index (χ4v) is 6.57. The van der Waals surface area contributed by atoms with E-state index in [1.54, 1.807) is 4.90 Å². The van der Waals surface area contributed by atoms with E-state index in [1.165, 1.54) is 6.07 Å². The summed E-state index contributed by atoms with van der Waals surface area (Å²) < 4.78 is 54.3. The number of benzene rings is 3. The first kappa shape index (κ1) is 32.6. The number of nitrogens with zero attached hydrogens (tertiary/aromatic N) is 2. The van der Waals surface area contributed by atoms with Gasteiger partial charge in [0, 0.05) is 42.5 Å². The van der Waals surface area contributed by atoms with Gasteiger partial charge in [0.05, 0.1) is 11.9 Å². The van der Waals surface area contributed by atoms with Crippen LogP contribution in [0.25, 0.3) is 0 Å². The van der Waals surface area contributed by atoms with E-state index in [4.69, 9.17) is 0 Å². The van der Waals surface area contributed by atoms with Crippen LogP contribution in [0.5, 0.6) is 0 Å². The molecule has 1 unspecified atom stereocenters. The van der Waals surface area contributed by atoms with Gasteiger partial charge < -0.3 is 10.2 Å². The highest BCUT2D eigenvalue weighted by Gasteiger charge is 2.32. The molecule has 1 aliphatic rings. The third kappa shape index (κ3) is 9.34. The minimum atomic E-state index is -3.85. The van der Waals surface area contributed by atoms with E-state index >= 15 is 0 Å². The first-order valence-electron chi connectivity index (χ1n) is 14.3. The second kappa shape index (κ2) is 14.9. The van der Waals surface area contributed by atoms with Gasteiger partial charge in [-0.2, -0.15) is 0 Å². The van der Waals surface area contributed by atoms with E-state index < -0.39 is 27.7 Å². The van der Waals surface area contributed by atoms with Crippen molar-refractivity contribution in [1.82, 2.24) is 10.2 Å². The van der Waals surface area contributed by atoms with Crippen molar-refractivity contribution in [2.24, 2.45) is 0 Å². The molecular formula is C32H36BrF2N3O4S. The molecule has 0 radical (unpaired) electrons. The Hall–Kier alpha value is -3.31. The highest BCUT2D eigenvalue weighted by atomic mass is 79.9. The summed E-state index contributed by atoms with van der Waals surface area (Å²) >= 11 is 3.43. The molecule has 0 bridgehead atoms. The van der Waals surface area contributed by atoms with Crippen LogP contribution in [-0.4, -0.2) is 50.0 Å². The minimum absolute atomic E-state index is 0.0292. The summed E-state index contributed by atoms with van der Waals surface area (Å²) in [4.78, 5) is 29.3. The molecule has 1 aliphatic carbocycles. The largest absolute Gasteiger partial charge is 0.352 e. The fraction of sp³-hybridized carbons (Fsp3) is 0.375. The standard InChI is InChI=1S/C32H36BrF2N3O4S/c1-43(41,42)38(27-17-18-28(34)29(35)21-27)19-7-12-31(39)37(22-24-13-15-25(33)16-14-24)30(20-23-8-3-2-4-9-23)32(40)36-26-10-5-6-11-26/h2-4,8-9,13-18,21,26,30H,5-7,10-12,19-20,22H2,1H3,(H,36,40). The molecule has 230 valence electrons. The Morgan fingerprint density at radius 3 is 2.26 bits per heavy atom. The number of sulfonamides is 1. The van der Waals surface area contributed by atoms with Crippen LogP contribution in [0.4, 0.5) is 14.5 Å². The van der Waals surface area contributed by atoms with Crippen LogP contribution in [0, 0.1) is 11.6 Å². The number of amides is 2. The van der Waals surface area contributed by atoms with Crippen LogP contribution in [-0.2, 0) is 32.6 Å². The van der Waals surface area contributed by atoms with E-state index in [9.17, 15) is 26.8 Å². The lowest BCUT2D eigenvalue weighted by Crippen LogP contribution is -2.52. The molecule has 1 fully saturated rings.